The molecular weight excluding hydrogens is 1010 g/mol. The Morgan fingerprint density at radius 1 is 0.922 bits per heavy atom. The van der Waals surface area contributed by atoms with Crippen molar-refractivity contribution in [2.75, 3.05) is 20.8 Å². The van der Waals surface area contributed by atoms with Gasteiger partial charge >= 0.3 is 5.97 Å². The molecule has 426 valence electrons. The average molecular weight is 1100 g/mol. The summed E-state index contributed by atoms with van der Waals surface area (Å²) in [7, 11) is 0.959. The summed E-state index contributed by atoms with van der Waals surface area (Å²) in [5.74, 6) is -2.44. The van der Waals surface area contributed by atoms with Crippen LogP contribution in [0.15, 0.2) is 94.6 Å². The van der Waals surface area contributed by atoms with E-state index in [1.54, 1.807) is 14.2 Å². The van der Waals surface area contributed by atoms with Crippen molar-refractivity contribution in [3.63, 3.8) is 0 Å². The molecule has 77 heavy (non-hydrogen) atoms. The molecule has 1 aromatic rings. The maximum absolute atomic E-state index is 14.9. The first-order valence-electron chi connectivity index (χ1n) is 28.3. The SMILES string of the molecule is CC[C@H](C)[C@H]1O[C@]2(C=C[C@@H]1C)C[C@@H]1C[C@@H](C/C=C(\C)[C@@H](O[C@H]3C[C@H](OC)[C@@H](O[C@H]4C[C@H](OC)C(=NC(=S)c5ccccc5)[C@H](C)O4)[C@H](C)O3)[C@@H](C)/C=C/C=C3\CO[C@@H]4[C@H](O[Si](C)(C)C(C)(C)C)C(C)=C[C@@H](C(=O)O1)[C@]34O)O2. The van der Waals surface area contributed by atoms with E-state index in [2.05, 4.69) is 86.7 Å². The highest BCUT2D eigenvalue weighted by Gasteiger charge is 2.62. The fourth-order valence-electron chi connectivity index (χ4n) is 12.0. The molecule has 0 radical (unpaired) electrons. The molecule has 16 heteroatoms. The number of allylic oxidation sites excluding steroid dienone is 2. The summed E-state index contributed by atoms with van der Waals surface area (Å²) in [5, 5.41) is 13.2. The highest BCUT2D eigenvalue weighted by Crippen LogP contribution is 2.50. The third-order valence-electron chi connectivity index (χ3n) is 17.8. The van der Waals surface area contributed by atoms with E-state index in [9.17, 15) is 9.90 Å². The minimum atomic E-state index is -2.39. The van der Waals surface area contributed by atoms with Crippen molar-refractivity contribution in [2.45, 2.75) is 224 Å². The molecule has 1 N–H and O–H groups in total. The lowest BCUT2D eigenvalue weighted by Crippen LogP contribution is -2.60. The van der Waals surface area contributed by atoms with Gasteiger partial charge in [-0.2, -0.15) is 0 Å². The maximum atomic E-state index is 14.9. The van der Waals surface area contributed by atoms with Gasteiger partial charge < -0.3 is 56.9 Å². The van der Waals surface area contributed by atoms with Crippen LogP contribution in [-0.2, 0) is 56.6 Å². The smallest absolute Gasteiger partial charge is 0.316 e. The Labute approximate surface area is 465 Å². The Balaban J connectivity index is 1.07. The Kier molecular flexibility index (Phi) is 19.2. The number of carbonyl (C=O) groups is 1. The molecule has 19 atom stereocenters. The molecule has 1 aliphatic carbocycles. The lowest BCUT2D eigenvalue weighted by molar-refractivity contribution is -0.302. The van der Waals surface area contributed by atoms with Crippen molar-refractivity contribution in [1.29, 1.82) is 0 Å². The van der Waals surface area contributed by atoms with E-state index in [1.807, 2.05) is 75.4 Å². The fourth-order valence-corrected chi connectivity index (χ4v) is 13.5. The van der Waals surface area contributed by atoms with Gasteiger partial charge in [0.1, 0.15) is 40.9 Å². The molecule has 6 heterocycles. The molecule has 2 bridgehead atoms. The number of esters is 1. The van der Waals surface area contributed by atoms with E-state index >= 15 is 0 Å². The predicted octanol–water partition coefficient (Wildman–Crippen LogP) is 10.9. The first-order valence-corrected chi connectivity index (χ1v) is 31.6. The van der Waals surface area contributed by atoms with E-state index in [0.29, 0.717) is 48.4 Å². The van der Waals surface area contributed by atoms with Gasteiger partial charge in [-0.1, -0.05) is 134 Å². The maximum Gasteiger partial charge on any atom is 0.316 e. The van der Waals surface area contributed by atoms with Crippen molar-refractivity contribution in [1.82, 2.24) is 0 Å². The van der Waals surface area contributed by atoms with Gasteiger partial charge in [0.25, 0.3) is 0 Å². The quantitative estimate of drug-likeness (QED) is 0.0968. The number of rotatable bonds is 11. The van der Waals surface area contributed by atoms with E-state index in [0.717, 1.165) is 23.1 Å². The number of aliphatic hydroxyl groups is 1. The number of fused-ring (bicyclic) bond motifs is 2. The Hall–Kier alpha value is -3.07. The van der Waals surface area contributed by atoms with Gasteiger partial charge in [0.2, 0.25) is 0 Å². The van der Waals surface area contributed by atoms with Gasteiger partial charge in [-0.05, 0) is 81.0 Å². The van der Waals surface area contributed by atoms with E-state index < -0.39 is 93.0 Å². The zero-order valence-corrected chi connectivity index (χ0v) is 50.2. The van der Waals surface area contributed by atoms with Crippen LogP contribution in [0.2, 0.25) is 18.1 Å². The van der Waals surface area contributed by atoms with Gasteiger partial charge in [-0.25, -0.2) is 4.99 Å². The van der Waals surface area contributed by atoms with E-state index in [-0.39, 0.29) is 47.7 Å². The van der Waals surface area contributed by atoms with Crippen molar-refractivity contribution < 1.29 is 61.7 Å². The number of methoxy groups -OCH3 is 2. The zero-order chi connectivity index (χ0) is 55.8. The lowest BCUT2D eigenvalue weighted by Gasteiger charge is -2.49. The van der Waals surface area contributed by atoms with Gasteiger partial charge in [-0.15, -0.1) is 0 Å². The van der Waals surface area contributed by atoms with Crippen LogP contribution >= 0.6 is 12.2 Å². The first-order chi connectivity index (χ1) is 36.4. The largest absolute Gasteiger partial charge is 0.462 e. The topological polar surface area (TPSA) is 151 Å². The molecule has 0 saturated carbocycles. The summed E-state index contributed by atoms with van der Waals surface area (Å²) >= 11 is 5.70. The van der Waals surface area contributed by atoms with Gasteiger partial charge in [0, 0.05) is 57.3 Å². The van der Waals surface area contributed by atoms with Crippen LogP contribution in [0.1, 0.15) is 120 Å². The Morgan fingerprint density at radius 2 is 1.65 bits per heavy atom. The van der Waals surface area contributed by atoms with Crippen LogP contribution in [0.4, 0.5) is 0 Å². The van der Waals surface area contributed by atoms with Crippen LogP contribution in [0.3, 0.4) is 0 Å². The number of carbonyl (C=O) groups excluding carboxylic acids is 1. The number of hydrogen-bond donors (Lipinski definition) is 1. The molecule has 0 unspecified atom stereocenters. The van der Waals surface area contributed by atoms with Gasteiger partial charge in [-0.3, -0.25) is 4.79 Å². The van der Waals surface area contributed by atoms with Crippen molar-refractivity contribution in [2.24, 2.45) is 28.7 Å². The summed E-state index contributed by atoms with van der Waals surface area (Å²) < 4.78 is 73.4. The Bertz CT molecular complexity index is 2430. The summed E-state index contributed by atoms with van der Waals surface area (Å²) in [4.78, 5) is 20.2. The molecule has 4 saturated heterocycles. The predicted molar refractivity (Wildman–Crippen MR) is 303 cm³/mol. The van der Waals surface area contributed by atoms with E-state index in [1.165, 1.54) is 0 Å². The molecule has 7 aliphatic rings. The molecule has 14 nitrogen and oxygen atoms in total. The summed E-state index contributed by atoms with van der Waals surface area (Å²) in [6.45, 7) is 27.7. The normalized spacial score (nSPS) is 41.8. The third kappa shape index (κ3) is 13.0. The second-order valence-corrected chi connectivity index (χ2v) is 29.6. The second-order valence-electron chi connectivity index (χ2n) is 24.4. The molecule has 4 fully saturated rings. The van der Waals surface area contributed by atoms with Crippen molar-refractivity contribution >= 4 is 37.2 Å². The highest BCUT2D eigenvalue weighted by atomic mass is 32.1. The Morgan fingerprint density at radius 3 is 2.34 bits per heavy atom. The number of ether oxygens (including phenoxy) is 10. The minimum absolute atomic E-state index is 0.0936. The van der Waals surface area contributed by atoms with Gasteiger partial charge in [0.15, 0.2) is 26.7 Å². The summed E-state index contributed by atoms with van der Waals surface area (Å²) in [6.07, 6.45) is 10.8. The van der Waals surface area contributed by atoms with Crippen LogP contribution in [0.25, 0.3) is 0 Å². The van der Waals surface area contributed by atoms with Crippen LogP contribution in [0.5, 0.6) is 0 Å². The van der Waals surface area contributed by atoms with Crippen molar-refractivity contribution in [3.05, 3.63) is 95.1 Å². The minimum Gasteiger partial charge on any atom is -0.462 e. The lowest BCUT2D eigenvalue weighted by atomic mass is 9.71. The monoisotopic (exact) mass is 1100 g/mol. The van der Waals surface area contributed by atoms with E-state index in [4.69, 9.17) is 69.0 Å². The van der Waals surface area contributed by atoms with Crippen molar-refractivity contribution in [3.8, 4) is 0 Å². The van der Waals surface area contributed by atoms with Crippen LogP contribution in [0, 0.1) is 23.7 Å². The molecule has 8 rings (SSSR count). The number of aliphatic imine (C=N–C) groups is 1. The molecule has 6 aliphatic heterocycles. The standard InChI is InChI=1S/C61H89NO13SSi/c1-16-35(2)53-38(5)27-28-60(74-53)33-45-30-44(73-60)26-25-37(4)52(36(3)21-20-24-43-34-67-56-54(75-77(14,15)59(9,10)11)39(6)29-46(58(63)70-45)61(43,56)64)71-50-32-48(66-13)55(41(8)69-50)72-49-31-47(65-12)51(40(7)68-49)62-57(76)42-22-18-17-19-23-42/h17-25,27-29,35-36,38,40-41,44-50,52-56,64H,16,26,30-34H2,1-15H3/b21-20+,37-25+,43-24+,62-51?/t35-,36-,38-,40-,41-,44+,45-,46-,47-,48-,49-,50-,52-,53+,54+,55-,56+,60+,61+/m0/s1. The third-order valence-corrected chi connectivity index (χ3v) is 22.6. The second kappa shape index (κ2) is 24.6. The average Bonchev–Trinajstić information content (AvgIpc) is 3.80. The van der Waals surface area contributed by atoms with Crippen LogP contribution in [-0.4, -0.2) is 142 Å². The molecule has 0 aromatic heterocycles. The number of nitrogens with zero attached hydrogens (tertiary/aromatic N) is 1. The highest BCUT2D eigenvalue weighted by molar-refractivity contribution is 7.80. The zero-order valence-electron chi connectivity index (χ0n) is 48.4. The molecule has 0 amide bonds. The molecular formula is C61H89NO13SSi. The van der Waals surface area contributed by atoms with Gasteiger partial charge in [0.05, 0.1) is 55.0 Å². The molecule has 1 aromatic carbocycles. The first kappa shape index (κ1) is 60.0. The molecule has 1 spiro atoms. The fraction of sp³-hybridized carbons (Fsp3) is 0.689. The van der Waals surface area contributed by atoms with Crippen LogP contribution < -0.4 is 0 Å². The summed E-state index contributed by atoms with van der Waals surface area (Å²) in [5.41, 5.74) is 2.21. The number of hydrogen-bond acceptors (Lipinski definition) is 14. The number of thiocarbonyl (C=S) groups is 1. The summed E-state index contributed by atoms with van der Waals surface area (Å²) in [6, 6.07) is 9.71. The number of benzene rings is 1.